The van der Waals surface area contributed by atoms with Crippen molar-refractivity contribution in [1.29, 1.82) is 0 Å². The number of para-hydroxylation sites is 2. The van der Waals surface area contributed by atoms with Gasteiger partial charge in [0.05, 0.1) is 5.19 Å². The lowest BCUT2D eigenvalue weighted by Crippen LogP contribution is -2.38. The average molecular weight is 245 g/mol. The summed E-state index contributed by atoms with van der Waals surface area (Å²) in [7, 11) is -0.107. The molecule has 0 atom stereocenters. The number of phenolic OH excluding ortho intramolecular Hbond substituents is 1. The van der Waals surface area contributed by atoms with E-state index in [0.29, 0.717) is 5.19 Å². The largest absolute Gasteiger partial charge is 0.515 e. The minimum absolute atomic E-state index is 0.208. The second-order valence-electron chi connectivity index (χ2n) is 3.42. The molecule has 2 rings (SSSR count). The van der Waals surface area contributed by atoms with Crippen LogP contribution in [0.25, 0.3) is 0 Å². The summed E-state index contributed by atoms with van der Waals surface area (Å²) in [6.45, 7) is 0. The highest BCUT2D eigenvalue weighted by atomic mass is 28.3. The van der Waals surface area contributed by atoms with Crippen LogP contribution in [0.3, 0.4) is 0 Å². The summed E-state index contributed by atoms with van der Waals surface area (Å²) < 4.78 is 11.1. The number of benzene rings is 2. The molecule has 3 nitrogen and oxygen atoms in total. The predicted molar refractivity (Wildman–Crippen MR) is 67.6 cm³/mol. The van der Waals surface area contributed by atoms with Gasteiger partial charge >= 0.3 is 9.28 Å². The lowest BCUT2D eigenvalue weighted by Gasteiger charge is -2.14. The van der Waals surface area contributed by atoms with Crippen LogP contribution in [0, 0.1) is 0 Å². The van der Waals surface area contributed by atoms with Gasteiger partial charge in [-0.3, -0.25) is 0 Å². The fraction of sp³-hybridized carbons (Fsp3) is 0.0769. The van der Waals surface area contributed by atoms with E-state index in [9.17, 15) is 5.11 Å². The SMILES string of the molecule is CO[Si](Oc1ccccc1)c1ccccc1O. The van der Waals surface area contributed by atoms with Gasteiger partial charge in [-0.25, -0.2) is 0 Å². The lowest BCUT2D eigenvalue weighted by atomic mass is 10.3. The van der Waals surface area contributed by atoms with Crippen molar-refractivity contribution in [2.24, 2.45) is 0 Å². The van der Waals surface area contributed by atoms with E-state index in [1.54, 1.807) is 19.2 Å². The first kappa shape index (κ1) is 11.7. The third kappa shape index (κ3) is 2.86. The van der Waals surface area contributed by atoms with E-state index < -0.39 is 9.28 Å². The van der Waals surface area contributed by atoms with Gasteiger partial charge in [0.15, 0.2) is 0 Å². The summed E-state index contributed by atoms with van der Waals surface area (Å²) in [4.78, 5) is 0. The maximum absolute atomic E-state index is 9.76. The third-order valence-corrected chi connectivity index (χ3v) is 3.92. The molecule has 0 aliphatic carbocycles. The summed E-state index contributed by atoms with van der Waals surface area (Å²) in [5, 5.41) is 10.5. The van der Waals surface area contributed by atoms with Gasteiger partial charge in [0.2, 0.25) is 0 Å². The molecule has 17 heavy (non-hydrogen) atoms. The normalized spacial score (nSPS) is 10.5. The zero-order valence-electron chi connectivity index (χ0n) is 9.46. The van der Waals surface area contributed by atoms with Crippen LogP contribution in [-0.2, 0) is 4.43 Å². The Morgan fingerprint density at radius 2 is 1.59 bits per heavy atom. The van der Waals surface area contributed by atoms with Crippen molar-refractivity contribution in [2.75, 3.05) is 7.11 Å². The molecule has 0 amide bonds. The highest BCUT2D eigenvalue weighted by Gasteiger charge is 2.23. The Kier molecular flexibility index (Phi) is 3.80. The molecule has 0 bridgehead atoms. The lowest BCUT2D eigenvalue weighted by molar-refractivity contribution is 0.346. The monoisotopic (exact) mass is 245 g/mol. The van der Waals surface area contributed by atoms with Gasteiger partial charge in [0, 0.05) is 7.11 Å². The van der Waals surface area contributed by atoms with Crippen molar-refractivity contribution in [3.05, 3.63) is 54.6 Å². The van der Waals surface area contributed by atoms with Crippen LogP contribution in [0.2, 0.25) is 0 Å². The number of hydrogen-bond acceptors (Lipinski definition) is 3. The van der Waals surface area contributed by atoms with Crippen LogP contribution < -0.4 is 9.61 Å². The highest BCUT2D eigenvalue weighted by molar-refractivity contribution is 6.63. The fourth-order valence-corrected chi connectivity index (χ4v) is 2.74. The van der Waals surface area contributed by atoms with Gasteiger partial charge in [-0.15, -0.1) is 0 Å². The topological polar surface area (TPSA) is 38.7 Å². The molecule has 0 saturated carbocycles. The summed E-state index contributed by atoms with van der Waals surface area (Å²) >= 11 is 0. The zero-order valence-corrected chi connectivity index (χ0v) is 10.5. The van der Waals surface area contributed by atoms with E-state index >= 15 is 0 Å². The Labute approximate surface area is 102 Å². The first-order valence-electron chi connectivity index (χ1n) is 5.23. The molecule has 0 fully saturated rings. The minimum atomic E-state index is -1.69. The number of rotatable bonds is 4. The molecule has 87 valence electrons. The second kappa shape index (κ2) is 5.52. The van der Waals surface area contributed by atoms with E-state index in [1.165, 1.54) is 0 Å². The van der Waals surface area contributed by atoms with Crippen LogP contribution in [0.5, 0.6) is 11.5 Å². The van der Waals surface area contributed by atoms with Crippen LogP contribution >= 0.6 is 0 Å². The van der Waals surface area contributed by atoms with Crippen molar-refractivity contribution in [2.45, 2.75) is 0 Å². The van der Waals surface area contributed by atoms with Gasteiger partial charge < -0.3 is 14.0 Å². The number of phenols is 1. The molecular weight excluding hydrogens is 232 g/mol. The van der Waals surface area contributed by atoms with E-state index in [-0.39, 0.29) is 5.75 Å². The number of aromatic hydroxyl groups is 1. The molecule has 4 heteroatoms. The van der Waals surface area contributed by atoms with Gasteiger partial charge in [-0.2, -0.15) is 0 Å². The quantitative estimate of drug-likeness (QED) is 0.835. The third-order valence-electron chi connectivity index (χ3n) is 2.26. The molecule has 2 aromatic rings. The Bertz CT molecular complexity index is 473. The standard InChI is InChI=1S/C13H13O3Si/c1-15-17(13-10-6-5-9-12(13)14)16-11-7-3-2-4-8-11/h2-10,14H,1H3. The predicted octanol–water partition coefficient (Wildman–Crippen LogP) is 1.81. The van der Waals surface area contributed by atoms with Crippen molar-refractivity contribution in [3.8, 4) is 11.5 Å². The van der Waals surface area contributed by atoms with Crippen LogP contribution in [0.4, 0.5) is 0 Å². The van der Waals surface area contributed by atoms with Crippen molar-refractivity contribution in [1.82, 2.24) is 0 Å². The Morgan fingerprint density at radius 3 is 2.24 bits per heavy atom. The molecule has 1 N–H and O–H groups in total. The highest BCUT2D eigenvalue weighted by Crippen LogP contribution is 2.12. The van der Waals surface area contributed by atoms with E-state index in [0.717, 1.165) is 5.75 Å². The van der Waals surface area contributed by atoms with Gasteiger partial charge in [-0.05, 0) is 18.2 Å². The summed E-state index contributed by atoms with van der Waals surface area (Å²) in [5.41, 5.74) is 0. The van der Waals surface area contributed by atoms with Crippen LogP contribution in [-0.4, -0.2) is 21.5 Å². The van der Waals surface area contributed by atoms with Crippen molar-refractivity contribution < 1.29 is 14.0 Å². The van der Waals surface area contributed by atoms with E-state index in [4.69, 9.17) is 8.85 Å². The average Bonchev–Trinajstić information content (AvgIpc) is 2.38. The Hall–Kier alpha value is -1.78. The molecule has 0 saturated heterocycles. The first-order valence-corrected chi connectivity index (χ1v) is 6.55. The summed E-state index contributed by atoms with van der Waals surface area (Å²) in [5.74, 6) is 0.950. The van der Waals surface area contributed by atoms with E-state index in [2.05, 4.69) is 0 Å². The van der Waals surface area contributed by atoms with Gasteiger partial charge in [0.25, 0.3) is 0 Å². The molecule has 0 aliphatic heterocycles. The summed E-state index contributed by atoms with van der Waals surface area (Å²) in [6, 6.07) is 16.5. The molecule has 0 heterocycles. The molecule has 0 aromatic heterocycles. The maximum Gasteiger partial charge on any atom is 0.501 e. The zero-order chi connectivity index (χ0) is 12.1. The molecule has 0 unspecified atom stereocenters. The smallest absolute Gasteiger partial charge is 0.501 e. The molecule has 0 aliphatic rings. The number of hydrogen-bond donors (Lipinski definition) is 1. The summed E-state index contributed by atoms with van der Waals surface area (Å²) in [6.07, 6.45) is 0. The molecular formula is C13H13O3Si. The van der Waals surface area contributed by atoms with Crippen LogP contribution in [0.15, 0.2) is 54.6 Å². The first-order chi connectivity index (χ1) is 8.31. The Morgan fingerprint density at radius 1 is 0.941 bits per heavy atom. The maximum atomic E-state index is 9.76. The van der Waals surface area contributed by atoms with Gasteiger partial charge in [-0.1, -0.05) is 36.4 Å². The Balaban J connectivity index is 2.21. The minimum Gasteiger partial charge on any atom is -0.515 e. The van der Waals surface area contributed by atoms with Gasteiger partial charge in [0.1, 0.15) is 11.5 Å². The molecule has 0 spiro atoms. The molecule has 1 radical (unpaired) electrons. The fourth-order valence-electron chi connectivity index (χ4n) is 1.45. The van der Waals surface area contributed by atoms with E-state index in [1.807, 2.05) is 42.5 Å². The molecule has 2 aromatic carbocycles. The van der Waals surface area contributed by atoms with Crippen LogP contribution in [0.1, 0.15) is 0 Å². The van der Waals surface area contributed by atoms with Crippen molar-refractivity contribution in [3.63, 3.8) is 0 Å². The van der Waals surface area contributed by atoms with Crippen molar-refractivity contribution >= 4 is 14.5 Å². The second-order valence-corrected chi connectivity index (χ2v) is 5.15.